The van der Waals surface area contributed by atoms with Crippen LogP contribution < -0.4 is 5.73 Å². The molecule has 3 nitrogen and oxygen atoms in total. The quantitative estimate of drug-likeness (QED) is 0.802. The maximum Gasteiger partial charge on any atom is 0.159 e. The largest absolute Gasteiger partial charge is 0.399 e. The van der Waals surface area contributed by atoms with Crippen LogP contribution in [-0.4, -0.2) is 9.97 Å². The van der Waals surface area contributed by atoms with Gasteiger partial charge in [-0.1, -0.05) is 6.92 Å². The number of aromatic nitrogens is 2. The Morgan fingerprint density at radius 2 is 1.53 bits per heavy atom. The summed E-state index contributed by atoms with van der Waals surface area (Å²) in [5.74, 6) is 0.775. The number of nitrogens with two attached hydrogens (primary N) is 1. The molecule has 0 unspecified atom stereocenters. The molecule has 88 valence electrons. The van der Waals surface area contributed by atoms with Gasteiger partial charge >= 0.3 is 0 Å². The first-order chi connectivity index (χ1) is 8.11. The third-order valence-electron chi connectivity index (χ3n) is 2.94. The molecule has 0 amide bonds. The number of benzene rings is 1. The first kappa shape index (κ1) is 11.6. The molecule has 0 spiro atoms. The van der Waals surface area contributed by atoms with Crippen molar-refractivity contribution in [2.24, 2.45) is 0 Å². The van der Waals surface area contributed by atoms with Crippen LogP contribution in [0.4, 0.5) is 5.69 Å². The second kappa shape index (κ2) is 4.53. The number of rotatable bonds is 2. The van der Waals surface area contributed by atoms with Crippen LogP contribution in [0.1, 0.15) is 23.9 Å². The average molecular weight is 227 g/mol. The summed E-state index contributed by atoms with van der Waals surface area (Å²) in [6.45, 7) is 6.20. The molecular formula is C14H17N3. The molecule has 0 atom stereocenters. The summed E-state index contributed by atoms with van der Waals surface area (Å²) in [6.07, 6.45) is 0.972. The Bertz CT molecular complexity index is 507. The molecule has 0 fully saturated rings. The molecule has 1 aromatic heterocycles. The fourth-order valence-electron chi connectivity index (χ4n) is 2.01. The first-order valence-corrected chi connectivity index (χ1v) is 5.82. The molecule has 0 aliphatic rings. The monoisotopic (exact) mass is 227 g/mol. The van der Waals surface area contributed by atoms with Crippen molar-refractivity contribution in [1.82, 2.24) is 9.97 Å². The minimum atomic E-state index is 0.757. The van der Waals surface area contributed by atoms with Crippen LogP contribution in [0.5, 0.6) is 0 Å². The fourth-order valence-corrected chi connectivity index (χ4v) is 2.01. The molecule has 2 rings (SSSR count). The van der Waals surface area contributed by atoms with Crippen molar-refractivity contribution < 1.29 is 0 Å². The van der Waals surface area contributed by atoms with E-state index in [0.717, 1.165) is 34.9 Å². The Morgan fingerprint density at radius 1 is 1.00 bits per heavy atom. The molecule has 3 heteroatoms. The number of nitrogens with zero attached hydrogens (tertiary/aromatic N) is 2. The van der Waals surface area contributed by atoms with Gasteiger partial charge in [0.1, 0.15) is 0 Å². The molecule has 2 N–H and O–H groups in total. The van der Waals surface area contributed by atoms with Gasteiger partial charge in [-0.15, -0.1) is 0 Å². The van der Waals surface area contributed by atoms with Crippen LogP contribution in [0.2, 0.25) is 0 Å². The van der Waals surface area contributed by atoms with Crippen molar-refractivity contribution in [1.29, 1.82) is 0 Å². The third-order valence-corrected chi connectivity index (χ3v) is 2.94. The average Bonchev–Trinajstić information content (AvgIpc) is 2.29. The van der Waals surface area contributed by atoms with Gasteiger partial charge in [0.2, 0.25) is 0 Å². The zero-order valence-electron chi connectivity index (χ0n) is 10.5. The zero-order valence-corrected chi connectivity index (χ0v) is 10.5. The van der Waals surface area contributed by atoms with Crippen LogP contribution in [0, 0.1) is 13.8 Å². The second-order valence-electron chi connectivity index (χ2n) is 4.17. The normalized spacial score (nSPS) is 10.5. The first-order valence-electron chi connectivity index (χ1n) is 5.82. The summed E-state index contributed by atoms with van der Waals surface area (Å²) in [5, 5.41) is 0. The van der Waals surface area contributed by atoms with E-state index in [0.29, 0.717) is 0 Å². The van der Waals surface area contributed by atoms with Crippen LogP contribution in [-0.2, 0) is 6.42 Å². The number of hydrogen-bond acceptors (Lipinski definition) is 3. The Labute approximate surface area is 102 Å². The third kappa shape index (κ3) is 2.28. The molecule has 2 aromatic rings. The Morgan fingerprint density at radius 3 is 2.00 bits per heavy atom. The fraction of sp³-hybridized carbons (Fsp3) is 0.286. The Kier molecular flexibility index (Phi) is 3.09. The predicted molar refractivity (Wildman–Crippen MR) is 70.7 cm³/mol. The van der Waals surface area contributed by atoms with Crippen LogP contribution >= 0.6 is 0 Å². The van der Waals surface area contributed by atoms with Crippen LogP contribution in [0.3, 0.4) is 0 Å². The molecule has 1 aromatic carbocycles. The molecule has 17 heavy (non-hydrogen) atoms. The van der Waals surface area contributed by atoms with Crippen molar-refractivity contribution >= 4 is 5.69 Å². The minimum absolute atomic E-state index is 0.757. The van der Waals surface area contributed by atoms with Gasteiger partial charge in [0.25, 0.3) is 0 Å². The lowest BCUT2D eigenvalue weighted by Gasteiger charge is -2.09. The van der Waals surface area contributed by atoms with E-state index in [1.54, 1.807) is 0 Å². The summed E-state index contributed by atoms with van der Waals surface area (Å²) in [7, 11) is 0. The molecular weight excluding hydrogens is 210 g/mol. The van der Waals surface area contributed by atoms with Gasteiger partial charge in [0.15, 0.2) is 5.82 Å². The van der Waals surface area contributed by atoms with Crippen molar-refractivity contribution in [3.63, 3.8) is 0 Å². The highest BCUT2D eigenvalue weighted by atomic mass is 14.9. The van der Waals surface area contributed by atoms with Gasteiger partial charge < -0.3 is 5.73 Å². The van der Waals surface area contributed by atoms with E-state index in [-0.39, 0.29) is 0 Å². The van der Waals surface area contributed by atoms with Gasteiger partial charge in [0, 0.05) is 22.6 Å². The van der Waals surface area contributed by atoms with Crippen molar-refractivity contribution in [2.75, 3.05) is 5.73 Å². The lowest BCUT2D eigenvalue weighted by atomic mass is 10.1. The second-order valence-corrected chi connectivity index (χ2v) is 4.17. The molecule has 0 aliphatic heterocycles. The SMILES string of the molecule is CCc1c(C)nc(-c2ccc(N)cc2)nc1C. The lowest BCUT2D eigenvalue weighted by molar-refractivity contribution is 0.962. The van der Waals surface area contributed by atoms with E-state index >= 15 is 0 Å². The van der Waals surface area contributed by atoms with Gasteiger partial charge in [-0.3, -0.25) is 0 Å². The lowest BCUT2D eigenvalue weighted by Crippen LogP contribution is -2.01. The van der Waals surface area contributed by atoms with E-state index < -0.39 is 0 Å². The van der Waals surface area contributed by atoms with Gasteiger partial charge in [-0.25, -0.2) is 9.97 Å². The van der Waals surface area contributed by atoms with E-state index in [1.807, 2.05) is 38.1 Å². The Hall–Kier alpha value is -1.90. The summed E-state index contributed by atoms with van der Waals surface area (Å²) in [4.78, 5) is 9.11. The van der Waals surface area contributed by atoms with Crippen LogP contribution in [0.15, 0.2) is 24.3 Å². The number of anilines is 1. The van der Waals surface area contributed by atoms with Crippen molar-refractivity contribution in [2.45, 2.75) is 27.2 Å². The number of aryl methyl sites for hydroxylation is 2. The van der Waals surface area contributed by atoms with Gasteiger partial charge in [-0.05, 0) is 50.1 Å². The predicted octanol–water partition coefficient (Wildman–Crippen LogP) is 2.91. The highest BCUT2D eigenvalue weighted by molar-refractivity contribution is 5.59. The summed E-state index contributed by atoms with van der Waals surface area (Å²) in [6, 6.07) is 7.65. The molecule has 1 heterocycles. The summed E-state index contributed by atoms with van der Waals surface area (Å²) < 4.78 is 0. The minimum Gasteiger partial charge on any atom is -0.399 e. The van der Waals surface area contributed by atoms with E-state index in [1.165, 1.54) is 5.56 Å². The summed E-state index contributed by atoms with van der Waals surface area (Å²) >= 11 is 0. The number of hydrogen-bond donors (Lipinski definition) is 1. The molecule has 0 saturated heterocycles. The van der Waals surface area contributed by atoms with Gasteiger partial charge in [-0.2, -0.15) is 0 Å². The zero-order chi connectivity index (χ0) is 12.4. The Balaban J connectivity index is 2.50. The topological polar surface area (TPSA) is 51.8 Å². The highest BCUT2D eigenvalue weighted by Crippen LogP contribution is 2.20. The molecule has 0 radical (unpaired) electrons. The smallest absolute Gasteiger partial charge is 0.159 e. The summed E-state index contributed by atoms with van der Waals surface area (Å²) in [5.41, 5.74) is 10.8. The van der Waals surface area contributed by atoms with E-state index in [2.05, 4.69) is 16.9 Å². The maximum atomic E-state index is 5.67. The van der Waals surface area contributed by atoms with E-state index in [9.17, 15) is 0 Å². The standard InChI is InChI=1S/C14H17N3/c1-4-13-9(2)16-14(17-10(13)3)11-5-7-12(15)8-6-11/h5-8H,4,15H2,1-3H3. The van der Waals surface area contributed by atoms with E-state index in [4.69, 9.17) is 5.73 Å². The van der Waals surface area contributed by atoms with Crippen LogP contribution in [0.25, 0.3) is 11.4 Å². The molecule has 0 aliphatic carbocycles. The molecule has 0 saturated carbocycles. The number of nitrogen functional groups attached to an aromatic ring is 1. The van der Waals surface area contributed by atoms with Gasteiger partial charge in [0.05, 0.1) is 0 Å². The highest BCUT2D eigenvalue weighted by Gasteiger charge is 2.08. The maximum absolute atomic E-state index is 5.67. The van der Waals surface area contributed by atoms with Crippen molar-refractivity contribution in [3.05, 3.63) is 41.2 Å². The molecule has 0 bridgehead atoms. The van der Waals surface area contributed by atoms with Crippen molar-refractivity contribution in [3.8, 4) is 11.4 Å².